The maximum Gasteiger partial charge on any atom is 0.658 e. The first kappa shape index (κ1) is 22.3. The van der Waals surface area contributed by atoms with Crippen LogP contribution in [0.3, 0.4) is 0 Å². The zero-order valence-corrected chi connectivity index (χ0v) is 17.6. The summed E-state index contributed by atoms with van der Waals surface area (Å²) in [6.07, 6.45) is 0. The third-order valence-electron chi connectivity index (χ3n) is 3.35. The lowest BCUT2D eigenvalue weighted by Crippen LogP contribution is -2.23. The molecule has 0 aliphatic rings. The van der Waals surface area contributed by atoms with Crippen LogP contribution in [0.25, 0.3) is 0 Å². The lowest BCUT2D eigenvalue weighted by atomic mass is 10.1. The highest BCUT2D eigenvalue weighted by Gasteiger charge is 2.19. The van der Waals surface area contributed by atoms with Gasteiger partial charge in [0.15, 0.2) is 0 Å². The van der Waals surface area contributed by atoms with Gasteiger partial charge >= 0.3 is 19.6 Å². The van der Waals surface area contributed by atoms with Crippen molar-refractivity contribution in [3.63, 3.8) is 0 Å². The van der Waals surface area contributed by atoms with Crippen LogP contribution in [0.15, 0.2) is 48.5 Å². The fourth-order valence-corrected chi connectivity index (χ4v) is 2.15. The van der Waals surface area contributed by atoms with Gasteiger partial charge in [-0.3, -0.25) is 0 Å². The first-order valence-electron chi connectivity index (χ1n) is 9.25. The number of benzene rings is 2. The normalized spacial score (nSPS) is 11.4. The van der Waals surface area contributed by atoms with E-state index >= 15 is 0 Å². The van der Waals surface area contributed by atoms with Crippen molar-refractivity contribution >= 4 is 19.6 Å². The fraction of sp³-hybridized carbons (Fsp3) is 0.364. The largest absolute Gasteiger partial charge is 0.658 e. The molecular formula is C22H26BO6. The monoisotopic (exact) mass is 397 g/mol. The van der Waals surface area contributed by atoms with Gasteiger partial charge in [0.1, 0.15) is 22.7 Å². The maximum atomic E-state index is 12.0. The van der Waals surface area contributed by atoms with Crippen molar-refractivity contribution < 1.29 is 28.4 Å². The smallest absolute Gasteiger partial charge is 0.526 e. The summed E-state index contributed by atoms with van der Waals surface area (Å²) in [7, 11) is 1.17. The van der Waals surface area contributed by atoms with Gasteiger partial charge in [0.05, 0.1) is 11.1 Å². The maximum absolute atomic E-state index is 12.0. The van der Waals surface area contributed by atoms with Gasteiger partial charge in [0.2, 0.25) is 0 Å². The highest BCUT2D eigenvalue weighted by atomic mass is 16.6. The standard InChI is InChI=1S/C22H26BO6/c1-21(2,3)26-19(24)15-7-11-17(12-8-15)28-23-29-18-13-9-16(10-14-18)20(25)27-22(4,5)6/h7-14H,1-6H3. The molecule has 6 nitrogen and oxygen atoms in total. The van der Waals surface area contributed by atoms with Crippen LogP contribution in [0.1, 0.15) is 62.3 Å². The lowest BCUT2D eigenvalue weighted by Gasteiger charge is -2.19. The van der Waals surface area contributed by atoms with Crippen LogP contribution in [0.4, 0.5) is 0 Å². The molecule has 0 bridgehead atoms. The zero-order chi connectivity index (χ0) is 21.7. The van der Waals surface area contributed by atoms with E-state index in [1.807, 2.05) is 41.5 Å². The van der Waals surface area contributed by atoms with Gasteiger partial charge in [-0.2, -0.15) is 0 Å². The minimum atomic E-state index is -0.549. The summed E-state index contributed by atoms with van der Waals surface area (Å²) in [5.74, 6) is 0.217. The van der Waals surface area contributed by atoms with E-state index in [2.05, 4.69) is 0 Å². The van der Waals surface area contributed by atoms with Gasteiger partial charge in [-0.25, -0.2) is 9.59 Å². The van der Waals surface area contributed by atoms with Crippen LogP contribution >= 0.6 is 0 Å². The number of carbonyl (C=O) groups is 2. The summed E-state index contributed by atoms with van der Waals surface area (Å²) in [4.78, 5) is 24.0. The summed E-state index contributed by atoms with van der Waals surface area (Å²) in [6, 6.07) is 13.0. The fourth-order valence-electron chi connectivity index (χ4n) is 2.15. The minimum absolute atomic E-state index is 0.394. The molecule has 0 heterocycles. The summed E-state index contributed by atoms with van der Waals surface area (Å²) in [6.45, 7) is 10.9. The van der Waals surface area contributed by atoms with E-state index in [0.29, 0.717) is 22.6 Å². The summed E-state index contributed by atoms with van der Waals surface area (Å²) < 4.78 is 21.4. The first-order valence-corrected chi connectivity index (χ1v) is 9.25. The van der Waals surface area contributed by atoms with E-state index in [9.17, 15) is 9.59 Å². The molecule has 0 aromatic heterocycles. The Morgan fingerprint density at radius 2 is 0.931 bits per heavy atom. The Morgan fingerprint density at radius 3 is 1.21 bits per heavy atom. The molecule has 1 radical (unpaired) electrons. The molecule has 0 aliphatic carbocycles. The van der Waals surface area contributed by atoms with Crippen molar-refractivity contribution in [2.45, 2.75) is 52.7 Å². The number of esters is 2. The highest BCUT2D eigenvalue weighted by Crippen LogP contribution is 2.18. The number of ether oxygens (including phenoxy) is 2. The van der Waals surface area contributed by atoms with Crippen molar-refractivity contribution in [3.05, 3.63) is 59.7 Å². The second kappa shape index (κ2) is 9.03. The third kappa shape index (κ3) is 7.89. The number of hydrogen-bond donors (Lipinski definition) is 0. The molecule has 153 valence electrons. The molecule has 0 aliphatic heterocycles. The first-order chi connectivity index (χ1) is 13.4. The van der Waals surface area contributed by atoms with Gasteiger partial charge in [-0.1, -0.05) is 0 Å². The SMILES string of the molecule is CC(C)(C)OC(=O)c1ccc(O[B]Oc2ccc(C(=O)OC(C)(C)C)cc2)cc1. The second-order valence-corrected chi connectivity index (χ2v) is 8.38. The quantitative estimate of drug-likeness (QED) is 0.525. The van der Waals surface area contributed by atoms with E-state index in [1.165, 1.54) is 7.69 Å². The molecule has 0 atom stereocenters. The van der Waals surface area contributed by atoms with Gasteiger partial charge in [0.25, 0.3) is 0 Å². The number of carbonyl (C=O) groups excluding carboxylic acids is 2. The van der Waals surface area contributed by atoms with E-state index in [-0.39, 0.29) is 0 Å². The molecule has 7 heteroatoms. The Kier molecular flexibility index (Phi) is 6.95. The zero-order valence-electron chi connectivity index (χ0n) is 17.6. The van der Waals surface area contributed by atoms with Crippen LogP contribution in [-0.4, -0.2) is 30.8 Å². The molecule has 29 heavy (non-hydrogen) atoms. The Hall–Kier alpha value is -2.96. The average Bonchev–Trinajstić information content (AvgIpc) is 2.60. The average molecular weight is 397 g/mol. The van der Waals surface area contributed by atoms with E-state index in [4.69, 9.17) is 18.8 Å². The molecule has 0 N–H and O–H groups in total. The van der Waals surface area contributed by atoms with Crippen molar-refractivity contribution in [3.8, 4) is 11.5 Å². The molecule has 0 saturated heterocycles. The molecular weight excluding hydrogens is 371 g/mol. The minimum Gasteiger partial charge on any atom is -0.526 e. The summed E-state index contributed by atoms with van der Waals surface area (Å²) in [5, 5.41) is 0. The third-order valence-corrected chi connectivity index (χ3v) is 3.35. The predicted octanol–water partition coefficient (Wildman–Crippen LogP) is 4.59. The Morgan fingerprint density at radius 1 is 0.621 bits per heavy atom. The van der Waals surface area contributed by atoms with E-state index < -0.39 is 23.1 Å². The van der Waals surface area contributed by atoms with Crippen molar-refractivity contribution in [1.29, 1.82) is 0 Å². The van der Waals surface area contributed by atoms with Crippen LogP contribution in [0.5, 0.6) is 11.5 Å². The van der Waals surface area contributed by atoms with Crippen LogP contribution < -0.4 is 9.31 Å². The molecule has 0 saturated carbocycles. The number of rotatable bonds is 6. The predicted molar refractivity (Wildman–Crippen MR) is 110 cm³/mol. The van der Waals surface area contributed by atoms with E-state index in [1.54, 1.807) is 48.5 Å². The molecule has 0 spiro atoms. The van der Waals surface area contributed by atoms with Crippen LogP contribution in [0.2, 0.25) is 0 Å². The van der Waals surface area contributed by atoms with Crippen LogP contribution in [0, 0.1) is 0 Å². The topological polar surface area (TPSA) is 71.1 Å². The molecule has 0 fully saturated rings. The molecule has 2 aromatic rings. The summed E-state index contributed by atoms with van der Waals surface area (Å²) in [5.41, 5.74) is -0.225. The lowest BCUT2D eigenvalue weighted by molar-refractivity contribution is 0.00570. The Bertz CT molecular complexity index is 758. The Labute approximate surface area is 172 Å². The van der Waals surface area contributed by atoms with Gasteiger partial charge in [0, 0.05) is 0 Å². The van der Waals surface area contributed by atoms with Crippen LogP contribution in [-0.2, 0) is 9.47 Å². The summed E-state index contributed by atoms with van der Waals surface area (Å²) >= 11 is 0. The van der Waals surface area contributed by atoms with Crippen molar-refractivity contribution in [1.82, 2.24) is 0 Å². The van der Waals surface area contributed by atoms with E-state index in [0.717, 1.165) is 0 Å². The number of hydrogen-bond acceptors (Lipinski definition) is 6. The van der Waals surface area contributed by atoms with Crippen molar-refractivity contribution in [2.24, 2.45) is 0 Å². The van der Waals surface area contributed by atoms with Gasteiger partial charge < -0.3 is 18.8 Å². The molecule has 0 amide bonds. The molecule has 2 rings (SSSR count). The van der Waals surface area contributed by atoms with Gasteiger partial charge in [-0.15, -0.1) is 0 Å². The second-order valence-electron chi connectivity index (χ2n) is 8.38. The van der Waals surface area contributed by atoms with Crippen molar-refractivity contribution in [2.75, 3.05) is 0 Å². The molecule has 2 aromatic carbocycles. The molecule has 0 unspecified atom stereocenters. The Balaban J connectivity index is 1.84. The van der Waals surface area contributed by atoms with Gasteiger partial charge in [-0.05, 0) is 90.1 Å². The highest BCUT2D eigenvalue weighted by molar-refractivity contribution is 6.20.